The molecule has 3 rings (SSSR count). The predicted octanol–water partition coefficient (Wildman–Crippen LogP) is 4.89. The van der Waals surface area contributed by atoms with E-state index < -0.39 is 6.04 Å². The van der Waals surface area contributed by atoms with Gasteiger partial charge in [-0.15, -0.1) is 0 Å². The minimum atomic E-state index is -0.611. The van der Waals surface area contributed by atoms with Crippen LogP contribution >= 0.6 is 0 Å². The third-order valence-electron chi connectivity index (χ3n) is 4.51. The van der Waals surface area contributed by atoms with Gasteiger partial charge in [-0.2, -0.15) is 0 Å². The minimum absolute atomic E-state index is 0.192. The third kappa shape index (κ3) is 5.23. The third-order valence-corrected chi connectivity index (χ3v) is 4.51. The summed E-state index contributed by atoms with van der Waals surface area (Å²) < 4.78 is 16.2. The first-order valence-corrected chi connectivity index (χ1v) is 9.71. The van der Waals surface area contributed by atoms with Gasteiger partial charge in [0.2, 0.25) is 0 Å². The summed E-state index contributed by atoms with van der Waals surface area (Å²) in [5.74, 6) is 1.74. The molecule has 0 saturated carbocycles. The van der Waals surface area contributed by atoms with E-state index in [1.807, 2.05) is 73.7 Å². The number of rotatable bonds is 9. The van der Waals surface area contributed by atoms with Crippen molar-refractivity contribution >= 4 is 17.3 Å². The molecule has 0 aliphatic heterocycles. The van der Waals surface area contributed by atoms with E-state index in [1.54, 1.807) is 20.3 Å². The number of anilines is 2. The zero-order chi connectivity index (χ0) is 21.3. The zero-order valence-electron chi connectivity index (χ0n) is 17.3. The average Bonchev–Trinajstić information content (AvgIpc) is 2.79. The highest BCUT2D eigenvalue weighted by molar-refractivity contribution is 5.97. The number of carbonyl (C=O) groups excluding carboxylic acids is 1. The number of nitrogens with one attached hydrogen (secondary N) is 2. The van der Waals surface area contributed by atoms with E-state index in [9.17, 15) is 4.79 Å². The second kappa shape index (κ2) is 10.2. The van der Waals surface area contributed by atoms with Gasteiger partial charge in [-0.1, -0.05) is 36.4 Å². The summed E-state index contributed by atoms with van der Waals surface area (Å²) in [5, 5.41) is 6.27. The fourth-order valence-electron chi connectivity index (χ4n) is 3.06. The molecular formula is C24H26N2O4. The van der Waals surface area contributed by atoms with E-state index in [-0.39, 0.29) is 5.91 Å². The molecule has 0 bridgehead atoms. The summed E-state index contributed by atoms with van der Waals surface area (Å²) in [7, 11) is 3.18. The van der Waals surface area contributed by atoms with Crippen molar-refractivity contribution in [2.24, 2.45) is 0 Å². The van der Waals surface area contributed by atoms with Gasteiger partial charge in [0.05, 0.1) is 20.8 Å². The van der Waals surface area contributed by atoms with Crippen molar-refractivity contribution < 1.29 is 19.0 Å². The molecule has 0 radical (unpaired) electrons. The summed E-state index contributed by atoms with van der Waals surface area (Å²) in [5.41, 5.74) is 2.24. The summed E-state index contributed by atoms with van der Waals surface area (Å²) in [6.45, 7) is 2.46. The lowest BCUT2D eigenvalue weighted by molar-refractivity contribution is -0.117. The Bertz CT molecular complexity index is 976. The second-order valence-corrected chi connectivity index (χ2v) is 6.51. The van der Waals surface area contributed by atoms with E-state index in [1.165, 1.54) is 0 Å². The highest BCUT2D eigenvalue weighted by Gasteiger charge is 2.21. The Morgan fingerprint density at radius 3 is 2.37 bits per heavy atom. The molecule has 0 fully saturated rings. The molecule has 30 heavy (non-hydrogen) atoms. The molecule has 2 N–H and O–H groups in total. The van der Waals surface area contributed by atoms with Crippen LogP contribution in [0.15, 0.2) is 72.8 Å². The first-order chi connectivity index (χ1) is 14.6. The van der Waals surface area contributed by atoms with Crippen LogP contribution in [0.4, 0.5) is 11.4 Å². The van der Waals surface area contributed by atoms with Gasteiger partial charge in [-0.05, 0) is 36.8 Å². The number of amides is 1. The monoisotopic (exact) mass is 406 g/mol. The van der Waals surface area contributed by atoms with E-state index in [0.717, 1.165) is 11.3 Å². The Morgan fingerprint density at radius 1 is 0.867 bits per heavy atom. The Morgan fingerprint density at radius 2 is 1.67 bits per heavy atom. The highest BCUT2D eigenvalue weighted by Crippen LogP contribution is 2.32. The summed E-state index contributed by atoms with van der Waals surface area (Å²) in [6, 6.07) is 21.7. The van der Waals surface area contributed by atoms with Crippen molar-refractivity contribution in [3.05, 3.63) is 78.4 Å². The second-order valence-electron chi connectivity index (χ2n) is 6.51. The lowest BCUT2D eigenvalue weighted by atomic mass is 10.1. The van der Waals surface area contributed by atoms with Crippen LogP contribution < -0.4 is 24.8 Å². The fraction of sp³-hybridized carbons (Fsp3) is 0.208. The Kier molecular flexibility index (Phi) is 7.16. The van der Waals surface area contributed by atoms with Crippen molar-refractivity contribution in [2.75, 3.05) is 31.5 Å². The molecule has 0 heterocycles. The summed E-state index contributed by atoms with van der Waals surface area (Å²) in [6.07, 6.45) is 0. The van der Waals surface area contributed by atoms with Gasteiger partial charge >= 0.3 is 0 Å². The first kappa shape index (κ1) is 21.0. The number of benzene rings is 3. The molecule has 0 aromatic heterocycles. The van der Waals surface area contributed by atoms with Gasteiger partial charge < -0.3 is 24.8 Å². The molecule has 3 aromatic rings. The van der Waals surface area contributed by atoms with Gasteiger partial charge in [0.25, 0.3) is 5.91 Å². The normalized spacial score (nSPS) is 11.3. The van der Waals surface area contributed by atoms with Crippen LogP contribution in [0, 0.1) is 0 Å². The molecule has 3 aromatic carbocycles. The number of carbonyl (C=O) groups is 1. The Labute approximate surface area is 176 Å². The number of hydrogen-bond donors (Lipinski definition) is 2. The largest absolute Gasteiger partial charge is 0.497 e. The smallest absolute Gasteiger partial charge is 0.251 e. The first-order valence-electron chi connectivity index (χ1n) is 9.71. The molecule has 0 aliphatic rings. The standard InChI is InChI=1S/C24H26N2O4/c1-4-30-21-14-13-19(16-22(21)29-3)25-23(17-9-6-5-7-10-17)24(27)26-18-11-8-12-20(15-18)28-2/h5-16,23,25H,4H2,1-3H3,(H,26,27)/t23-/m1/s1. The molecular weight excluding hydrogens is 380 g/mol. The molecule has 156 valence electrons. The molecule has 1 atom stereocenters. The van der Waals surface area contributed by atoms with Gasteiger partial charge in [0, 0.05) is 23.5 Å². The van der Waals surface area contributed by atoms with Crippen LogP contribution in [0.25, 0.3) is 0 Å². The van der Waals surface area contributed by atoms with Crippen molar-refractivity contribution in [2.45, 2.75) is 13.0 Å². The van der Waals surface area contributed by atoms with Crippen LogP contribution in [0.5, 0.6) is 17.2 Å². The molecule has 0 aliphatic carbocycles. The Hall–Kier alpha value is -3.67. The molecule has 0 spiro atoms. The summed E-state index contributed by atoms with van der Waals surface area (Å²) in [4.78, 5) is 13.2. The maximum atomic E-state index is 13.2. The maximum absolute atomic E-state index is 13.2. The van der Waals surface area contributed by atoms with Crippen molar-refractivity contribution in [1.29, 1.82) is 0 Å². The minimum Gasteiger partial charge on any atom is -0.497 e. The highest BCUT2D eigenvalue weighted by atomic mass is 16.5. The van der Waals surface area contributed by atoms with Gasteiger partial charge in [-0.25, -0.2) is 0 Å². The molecule has 6 heteroatoms. The van der Waals surface area contributed by atoms with Gasteiger partial charge in [-0.3, -0.25) is 4.79 Å². The number of ether oxygens (including phenoxy) is 3. The van der Waals surface area contributed by atoms with Crippen molar-refractivity contribution in [3.8, 4) is 17.2 Å². The Balaban J connectivity index is 1.87. The van der Waals surface area contributed by atoms with E-state index in [2.05, 4.69) is 10.6 Å². The van der Waals surface area contributed by atoms with Crippen LogP contribution in [0.1, 0.15) is 18.5 Å². The number of methoxy groups -OCH3 is 2. The van der Waals surface area contributed by atoms with Gasteiger partial charge in [0.15, 0.2) is 11.5 Å². The molecule has 0 unspecified atom stereocenters. The average molecular weight is 406 g/mol. The van der Waals surface area contributed by atoms with Crippen molar-refractivity contribution in [1.82, 2.24) is 0 Å². The lowest BCUT2D eigenvalue weighted by Crippen LogP contribution is -2.27. The topological polar surface area (TPSA) is 68.8 Å². The predicted molar refractivity (Wildman–Crippen MR) is 119 cm³/mol. The van der Waals surface area contributed by atoms with E-state index in [4.69, 9.17) is 14.2 Å². The molecule has 0 saturated heterocycles. The lowest BCUT2D eigenvalue weighted by Gasteiger charge is -2.21. The molecule has 1 amide bonds. The van der Waals surface area contributed by atoms with Crippen LogP contribution in [-0.4, -0.2) is 26.7 Å². The summed E-state index contributed by atoms with van der Waals surface area (Å²) >= 11 is 0. The van der Waals surface area contributed by atoms with Crippen LogP contribution in [0.3, 0.4) is 0 Å². The van der Waals surface area contributed by atoms with E-state index >= 15 is 0 Å². The SMILES string of the molecule is CCOc1ccc(N[C@@H](C(=O)Nc2cccc(OC)c2)c2ccccc2)cc1OC. The van der Waals surface area contributed by atoms with E-state index in [0.29, 0.717) is 29.5 Å². The maximum Gasteiger partial charge on any atom is 0.251 e. The quantitative estimate of drug-likeness (QED) is 0.529. The van der Waals surface area contributed by atoms with Crippen LogP contribution in [-0.2, 0) is 4.79 Å². The van der Waals surface area contributed by atoms with Crippen molar-refractivity contribution in [3.63, 3.8) is 0 Å². The zero-order valence-corrected chi connectivity index (χ0v) is 17.3. The van der Waals surface area contributed by atoms with Crippen LogP contribution in [0.2, 0.25) is 0 Å². The fourth-order valence-corrected chi connectivity index (χ4v) is 3.06. The number of hydrogen-bond acceptors (Lipinski definition) is 5. The van der Waals surface area contributed by atoms with Gasteiger partial charge in [0.1, 0.15) is 11.8 Å². The molecule has 6 nitrogen and oxygen atoms in total.